The monoisotopic (exact) mass is 468 g/mol. The van der Waals surface area contributed by atoms with E-state index in [0.717, 1.165) is 25.9 Å². The molecule has 3 N–H and O–H groups in total. The molecule has 1 atom stereocenters. The third-order valence-corrected chi connectivity index (χ3v) is 6.67. The summed E-state index contributed by atoms with van der Waals surface area (Å²) >= 11 is 0. The molecule has 2 fully saturated rings. The second-order valence-corrected chi connectivity index (χ2v) is 9.23. The van der Waals surface area contributed by atoms with Crippen molar-refractivity contribution in [2.75, 3.05) is 39.1 Å². The van der Waals surface area contributed by atoms with E-state index >= 15 is 0 Å². The highest BCUT2D eigenvalue weighted by Crippen LogP contribution is 2.36. The molecule has 0 spiro atoms. The highest BCUT2D eigenvalue weighted by atomic mass is 19.1. The second kappa shape index (κ2) is 8.94. The topological polar surface area (TPSA) is 112 Å². The smallest absolute Gasteiger partial charge is 0.263 e. The van der Waals surface area contributed by atoms with Crippen LogP contribution in [0.15, 0.2) is 30.7 Å². The van der Waals surface area contributed by atoms with Crippen molar-refractivity contribution in [2.24, 2.45) is 0 Å². The van der Waals surface area contributed by atoms with Gasteiger partial charge in [-0.15, -0.1) is 0 Å². The van der Waals surface area contributed by atoms with E-state index in [1.165, 1.54) is 6.20 Å². The van der Waals surface area contributed by atoms with Crippen molar-refractivity contribution in [3.63, 3.8) is 0 Å². The standard InChI is InChI=1S/C24H29FN6O3/c1-15-9-16(10-19(21(15)25)24(32)5-8-33-14-24)20-12-27-22(26)23(29-20)34-18-11-28-31(13-18)17-3-6-30(2)7-4-17/h9-13,17,32H,3-8,14H2,1-2H3,(H2,26,27). The van der Waals surface area contributed by atoms with E-state index in [4.69, 9.17) is 15.2 Å². The Bertz CT molecular complexity index is 1190. The van der Waals surface area contributed by atoms with Gasteiger partial charge in [0.2, 0.25) is 0 Å². The lowest BCUT2D eigenvalue weighted by Gasteiger charge is -2.28. The number of halogens is 1. The fourth-order valence-electron chi connectivity index (χ4n) is 4.56. The van der Waals surface area contributed by atoms with Gasteiger partial charge in [0.15, 0.2) is 11.6 Å². The fourth-order valence-corrected chi connectivity index (χ4v) is 4.56. The molecule has 0 amide bonds. The van der Waals surface area contributed by atoms with E-state index in [9.17, 15) is 9.50 Å². The number of rotatable bonds is 5. The minimum Gasteiger partial charge on any atom is -0.433 e. The second-order valence-electron chi connectivity index (χ2n) is 9.23. The molecule has 2 saturated heterocycles. The summed E-state index contributed by atoms with van der Waals surface area (Å²) in [4.78, 5) is 11.1. The fraction of sp³-hybridized carbons (Fsp3) is 0.458. The van der Waals surface area contributed by atoms with E-state index in [-0.39, 0.29) is 23.9 Å². The zero-order valence-corrected chi connectivity index (χ0v) is 19.4. The number of likely N-dealkylation sites (tertiary alicyclic amines) is 1. The van der Waals surface area contributed by atoms with E-state index in [1.807, 2.05) is 10.9 Å². The Morgan fingerprint density at radius 2 is 2.06 bits per heavy atom. The first kappa shape index (κ1) is 22.7. The maximum Gasteiger partial charge on any atom is 0.263 e. The van der Waals surface area contributed by atoms with Crippen LogP contribution in [0, 0.1) is 12.7 Å². The number of ether oxygens (including phenoxy) is 2. The van der Waals surface area contributed by atoms with Crippen LogP contribution < -0.4 is 10.5 Å². The lowest BCUT2D eigenvalue weighted by Crippen LogP contribution is -2.31. The molecule has 2 aromatic heterocycles. The predicted molar refractivity (Wildman–Crippen MR) is 124 cm³/mol. The average molecular weight is 469 g/mol. The Labute approximate surface area is 197 Å². The molecule has 0 saturated carbocycles. The Balaban J connectivity index is 1.41. The van der Waals surface area contributed by atoms with Gasteiger partial charge >= 0.3 is 0 Å². The van der Waals surface area contributed by atoms with Gasteiger partial charge in [-0.25, -0.2) is 14.4 Å². The molecule has 0 radical (unpaired) electrons. The number of nitrogen functional groups attached to an aromatic ring is 1. The zero-order chi connectivity index (χ0) is 23.9. The largest absolute Gasteiger partial charge is 0.433 e. The van der Waals surface area contributed by atoms with Gasteiger partial charge in [0.05, 0.1) is 36.9 Å². The molecule has 34 heavy (non-hydrogen) atoms. The first-order valence-electron chi connectivity index (χ1n) is 11.5. The minimum atomic E-state index is -1.37. The summed E-state index contributed by atoms with van der Waals surface area (Å²) in [6, 6.07) is 3.59. The average Bonchev–Trinajstić information content (AvgIpc) is 3.47. The normalized spacial score (nSPS) is 21.8. The van der Waals surface area contributed by atoms with E-state index in [0.29, 0.717) is 41.6 Å². The van der Waals surface area contributed by atoms with Gasteiger partial charge in [-0.2, -0.15) is 5.10 Å². The molecule has 3 aromatic rings. The number of benzene rings is 1. The molecule has 2 aliphatic heterocycles. The molecule has 4 heterocycles. The van der Waals surface area contributed by atoms with E-state index in [2.05, 4.69) is 27.0 Å². The first-order valence-corrected chi connectivity index (χ1v) is 11.5. The highest BCUT2D eigenvalue weighted by Gasteiger charge is 2.37. The Morgan fingerprint density at radius 3 is 2.79 bits per heavy atom. The predicted octanol–water partition coefficient (Wildman–Crippen LogP) is 3.04. The van der Waals surface area contributed by atoms with E-state index in [1.54, 1.807) is 25.3 Å². The Morgan fingerprint density at radius 1 is 1.26 bits per heavy atom. The molecule has 1 unspecified atom stereocenters. The van der Waals surface area contributed by atoms with Crippen LogP contribution in [-0.4, -0.2) is 63.1 Å². The number of anilines is 1. The third kappa shape index (κ3) is 4.36. The molecule has 2 aliphatic rings. The van der Waals surface area contributed by atoms with Crippen molar-refractivity contribution < 1.29 is 19.0 Å². The SMILES string of the molecule is Cc1cc(-c2cnc(N)c(Oc3cnn(C4CCN(C)CC4)c3)n2)cc(C2(O)CCOC2)c1F. The van der Waals surface area contributed by atoms with Crippen LogP contribution in [0.5, 0.6) is 11.6 Å². The summed E-state index contributed by atoms with van der Waals surface area (Å²) in [6.07, 6.45) is 7.38. The van der Waals surface area contributed by atoms with Gasteiger partial charge in [0, 0.05) is 24.2 Å². The molecule has 9 nitrogen and oxygen atoms in total. The lowest BCUT2D eigenvalue weighted by molar-refractivity contribution is 0.0201. The van der Waals surface area contributed by atoms with Crippen molar-refractivity contribution in [1.82, 2.24) is 24.6 Å². The lowest BCUT2D eigenvalue weighted by atomic mass is 9.89. The van der Waals surface area contributed by atoms with Crippen molar-refractivity contribution in [1.29, 1.82) is 0 Å². The van der Waals surface area contributed by atoms with Gasteiger partial charge in [-0.3, -0.25) is 4.68 Å². The number of hydrogen-bond acceptors (Lipinski definition) is 8. The van der Waals surface area contributed by atoms with Crippen LogP contribution in [0.4, 0.5) is 10.2 Å². The summed E-state index contributed by atoms with van der Waals surface area (Å²) in [5, 5.41) is 15.4. The van der Waals surface area contributed by atoms with Gasteiger partial charge < -0.3 is 25.2 Å². The van der Waals surface area contributed by atoms with Crippen LogP contribution >= 0.6 is 0 Å². The molecule has 180 valence electrons. The van der Waals surface area contributed by atoms with Crippen molar-refractivity contribution >= 4 is 5.82 Å². The molecule has 5 rings (SSSR count). The summed E-state index contributed by atoms with van der Waals surface area (Å²) in [6.45, 7) is 4.14. The summed E-state index contributed by atoms with van der Waals surface area (Å²) in [5.41, 5.74) is 6.32. The van der Waals surface area contributed by atoms with Crippen molar-refractivity contribution in [3.05, 3.63) is 47.7 Å². The molecule has 0 aliphatic carbocycles. The number of aromatic nitrogens is 4. The highest BCUT2D eigenvalue weighted by molar-refractivity contribution is 5.63. The van der Waals surface area contributed by atoms with Gasteiger partial charge in [-0.05, 0) is 57.6 Å². The van der Waals surface area contributed by atoms with Crippen LogP contribution in [0.2, 0.25) is 0 Å². The number of piperidine rings is 1. The first-order chi connectivity index (χ1) is 16.3. The van der Waals surface area contributed by atoms with Crippen LogP contribution in [0.25, 0.3) is 11.3 Å². The van der Waals surface area contributed by atoms with Crippen molar-refractivity contribution in [3.8, 4) is 22.9 Å². The number of nitrogens with two attached hydrogens (primary N) is 1. The maximum atomic E-state index is 14.9. The van der Waals surface area contributed by atoms with Crippen LogP contribution in [-0.2, 0) is 10.3 Å². The molecule has 1 aromatic carbocycles. The maximum absolute atomic E-state index is 14.9. The molecular weight excluding hydrogens is 439 g/mol. The van der Waals surface area contributed by atoms with Gasteiger partial charge in [0.1, 0.15) is 11.4 Å². The van der Waals surface area contributed by atoms with Gasteiger partial charge in [-0.1, -0.05) is 0 Å². The number of aliphatic hydroxyl groups is 1. The number of nitrogens with zero attached hydrogens (tertiary/aromatic N) is 5. The van der Waals surface area contributed by atoms with Crippen LogP contribution in [0.1, 0.15) is 36.4 Å². The minimum absolute atomic E-state index is 0.0515. The Kier molecular flexibility index (Phi) is 5.97. The summed E-state index contributed by atoms with van der Waals surface area (Å²) < 4.78 is 28.1. The number of hydrogen-bond donors (Lipinski definition) is 2. The van der Waals surface area contributed by atoms with Crippen molar-refractivity contribution in [2.45, 2.75) is 37.8 Å². The Hall–Kier alpha value is -3.08. The zero-order valence-electron chi connectivity index (χ0n) is 19.4. The summed E-state index contributed by atoms with van der Waals surface area (Å²) in [7, 11) is 2.12. The number of aryl methyl sites for hydroxylation is 1. The molecule has 10 heteroatoms. The summed E-state index contributed by atoms with van der Waals surface area (Å²) in [5.74, 6) is 0.355. The van der Waals surface area contributed by atoms with Crippen LogP contribution in [0.3, 0.4) is 0 Å². The van der Waals surface area contributed by atoms with E-state index < -0.39 is 11.4 Å². The molecule has 0 bridgehead atoms. The van der Waals surface area contributed by atoms with Gasteiger partial charge in [0.25, 0.3) is 5.88 Å². The quantitative estimate of drug-likeness (QED) is 0.588. The molecular formula is C24H29FN6O3. The third-order valence-electron chi connectivity index (χ3n) is 6.67.